The number of hydrogen-bond donors (Lipinski definition) is 2. The quantitative estimate of drug-likeness (QED) is 0.630. The molecule has 124 valence electrons. The van der Waals surface area contributed by atoms with Crippen molar-refractivity contribution in [2.45, 2.75) is 18.6 Å². The number of amides is 1. The van der Waals surface area contributed by atoms with Gasteiger partial charge < -0.3 is 21.1 Å². The Kier molecular flexibility index (Phi) is 3.16. The van der Waals surface area contributed by atoms with Gasteiger partial charge in [0.25, 0.3) is 5.91 Å². The molecule has 4 N–H and O–H groups in total. The summed E-state index contributed by atoms with van der Waals surface area (Å²) in [7, 11) is 2.05. The molecule has 0 unspecified atom stereocenters. The molecular weight excluding hydrogens is 328 g/mol. The summed E-state index contributed by atoms with van der Waals surface area (Å²) in [6.07, 6.45) is 3.77. The number of anilines is 1. The van der Waals surface area contributed by atoms with Gasteiger partial charge in [-0.05, 0) is 30.8 Å². The van der Waals surface area contributed by atoms with Crippen LogP contribution >= 0.6 is 11.3 Å². The maximum Gasteiger partial charge on any atom is 0.352 e. The number of carbonyl (C=O) groups excluding carboxylic acids is 2. The third-order valence-corrected chi connectivity index (χ3v) is 5.46. The minimum atomic E-state index is -1.39. The van der Waals surface area contributed by atoms with Gasteiger partial charge in [-0.15, -0.1) is 11.3 Å². The second-order valence-corrected chi connectivity index (χ2v) is 7.16. The topological polar surface area (TPSA) is 112 Å². The number of fused-ring (bicyclic) bond motifs is 2. The van der Waals surface area contributed by atoms with Gasteiger partial charge in [0.1, 0.15) is 9.71 Å². The van der Waals surface area contributed by atoms with Crippen LogP contribution in [0.3, 0.4) is 0 Å². The van der Waals surface area contributed by atoms with Crippen LogP contribution in [0.4, 0.5) is 5.69 Å². The minimum absolute atomic E-state index is 0.252. The molecule has 24 heavy (non-hydrogen) atoms. The van der Waals surface area contributed by atoms with Crippen molar-refractivity contribution in [1.82, 2.24) is 9.88 Å². The highest BCUT2D eigenvalue weighted by Gasteiger charge is 2.45. The van der Waals surface area contributed by atoms with Crippen molar-refractivity contribution in [2.75, 3.05) is 19.3 Å². The van der Waals surface area contributed by atoms with Gasteiger partial charge in [-0.1, -0.05) is 0 Å². The lowest BCUT2D eigenvalue weighted by molar-refractivity contribution is -0.127. The fraction of sp³-hybridized carbons (Fsp3) is 0.312. The monoisotopic (exact) mass is 344 g/mol. The number of ether oxygens (including phenoxy) is 1. The summed E-state index contributed by atoms with van der Waals surface area (Å²) >= 11 is 1.18. The molecule has 8 heteroatoms. The van der Waals surface area contributed by atoms with E-state index >= 15 is 0 Å². The number of esters is 1. The van der Waals surface area contributed by atoms with E-state index in [1.807, 2.05) is 6.07 Å². The molecule has 1 amide bonds. The number of thiophene rings is 1. The molecule has 0 radical (unpaired) electrons. The fourth-order valence-corrected chi connectivity index (χ4v) is 3.82. The van der Waals surface area contributed by atoms with E-state index in [1.165, 1.54) is 23.5 Å². The van der Waals surface area contributed by atoms with Crippen LogP contribution in [0.25, 0.3) is 10.2 Å². The summed E-state index contributed by atoms with van der Waals surface area (Å²) in [5.74, 6) is -1.37. The summed E-state index contributed by atoms with van der Waals surface area (Å²) in [6.45, 7) is 1.76. The van der Waals surface area contributed by atoms with Gasteiger partial charge in [-0.25, -0.2) is 9.78 Å². The van der Waals surface area contributed by atoms with Crippen molar-refractivity contribution >= 4 is 39.1 Å². The molecule has 0 atom stereocenters. The molecule has 2 aromatic heterocycles. The number of nitrogen functional groups attached to an aromatic ring is 1. The molecule has 0 saturated carbocycles. The molecular formula is C16H16N4O3S. The average Bonchev–Trinajstić information content (AvgIpc) is 3.25. The van der Waals surface area contributed by atoms with Gasteiger partial charge >= 0.3 is 5.97 Å². The molecule has 0 fully saturated rings. The molecule has 1 aliphatic heterocycles. The van der Waals surface area contributed by atoms with Crippen LogP contribution in [-0.4, -0.2) is 41.0 Å². The van der Waals surface area contributed by atoms with Crippen molar-refractivity contribution in [3.63, 3.8) is 0 Å². The molecule has 3 heterocycles. The van der Waals surface area contributed by atoms with Crippen molar-refractivity contribution in [3.8, 4) is 0 Å². The van der Waals surface area contributed by atoms with E-state index in [4.69, 9.17) is 16.2 Å². The molecule has 1 aliphatic carbocycles. The number of nitrogens with two attached hydrogens (primary N) is 2. The molecule has 0 spiro atoms. The van der Waals surface area contributed by atoms with Gasteiger partial charge in [0.05, 0.1) is 5.69 Å². The number of hydrogen-bond acceptors (Lipinski definition) is 7. The molecule has 0 saturated heterocycles. The lowest BCUT2D eigenvalue weighted by atomic mass is 10.0. The lowest BCUT2D eigenvalue weighted by Crippen LogP contribution is -2.36. The number of pyridine rings is 1. The molecule has 0 bridgehead atoms. The highest BCUT2D eigenvalue weighted by atomic mass is 32.1. The molecule has 2 aliphatic rings. The Labute approximate surface area is 141 Å². The van der Waals surface area contributed by atoms with Crippen LogP contribution in [0.5, 0.6) is 0 Å². The molecule has 7 nitrogen and oxygen atoms in total. The van der Waals surface area contributed by atoms with Gasteiger partial charge in [-0.3, -0.25) is 4.79 Å². The van der Waals surface area contributed by atoms with Crippen molar-refractivity contribution < 1.29 is 14.3 Å². The third kappa shape index (κ3) is 2.26. The Morgan fingerprint density at radius 1 is 1.42 bits per heavy atom. The standard InChI is InChI=1S/C16H16N4O3S/c1-20-5-2-10-8(7-20)6-9-11(17)12(24-13(9)19-10)14(21)23-16(3-4-16)15(18)22/h3-4,6H,2,5,7,17H2,1H3,(H2,18,22). The SMILES string of the molecule is CN1CCc2nc3sc(C(=O)OC4(C(N)=O)C=C4)c(N)c3cc2C1. The first kappa shape index (κ1) is 15.1. The zero-order valence-electron chi connectivity index (χ0n) is 13.0. The van der Waals surface area contributed by atoms with Crippen molar-refractivity contribution in [1.29, 1.82) is 0 Å². The van der Waals surface area contributed by atoms with Gasteiger partial charge in [0.2, 0.25) is 5.60 Å². The van der Waals surface area contributed by atoms with Gasteiger partial charge in [0.15, 0.2) is 0 Å². The van der Waals surface area contributed by atoms with Crippen LogP contribution < -0.4 is 11.5 Å². The van der Waals surface area contributed by atoms with Gasteiger partial charge in [0, 0.05) is 30.6 Å². The average molecular weight is 344 g/mol. The van der Waals surface area contributed by atoms with E-state index < -0.39 is 17.5 Å². The Bertz CT molecular complexity index is 912. The summed E-state index contributed by atoms with van der Waals surface area (Å²) in [5.41, 5.74) is 12.5. The van der Waals surface area contributed by atoms with Crippen molar-refractivity contribution in [3.05, 3.63) is 34.4 Å². The van der Waals surface area contributed by atoms with Crippen molar-refractivity contribution in [2.24, 2.45) is 5.73 Å². The highest BCUT2D eigenvalue weighted by Crippen LogP contribution is 2.37. The van der Waals surface area contributed by atoms with Crippen LogP contribution in [0.1, 0.15) is 20.9 Å². The zero-order valence-corrected chi connectivity index (χ0v) is 13.9. The molecule has 4 rings (SSSR count). The summed E-state index contributed by atoms with van der Waals surface area (Å²) in [5, 5.41) is 0.748. The summed E-state index contributed by atoms with van der Waals surface area (Å²) < 4.78 is 5.22. The number of aromatic nitrogens is 1. The Balaban J connectivity index is 1.71. The van der Waals surface area contributed by atoms with E-state index in [-0.39, 0.29) is 4.88 Å². The lowest BCUT2D eigenvalue weighted by Gasteiger charge is -2.24. The predicted molar refractivity (Wildman–Crippen MR) is 90.6 cm³/mol. The van der Waals surface area contributed by atoms with Crippen LogP contribution in [0.15, 0.2) is 18.2 Å². The number of likely N-dealkylation sites (N-methyl/N-ethyl adjacent to an activating group) is 1. The normalized spacial score (nSPS) is 18.4. The first-order valence-corrected chi connectivity index (χ1v) is 8.34. The number of nitrogens with zero attached hydrogens (tertiary/aromatic N) is 2. The summed E-state index contributed by atoms with van der Waals surface area (Å²) in [4.78, 5) is 31.6. The Hall–Kier alpha value is -2.45. The minimum Gasteiger partial charge on any atom is -0.436 e. The third-order valence-electron chi connectivity index (χ3n) is 4.36. The maximum atomic E-state index is 12.4. The molecule has 2 aromatic rings. The highest BCUT2D eigenvalue weighted by molar-refractivity contribution is 7.21. The van der Waals surface area contributed by atoms with E-state index in [0.717, 1.165) is 36.2 Å². The van der Waals surface area contributed by atoms with E-state index in [1.54, 1.807) is 0 Å². The second kappa shape index (κ2) is 5.02. The number of rotatable bonds is 3. The first-order chi connectivity index (χ1) is 11.4. The van der Waals surface area contributed by atoms with E-state index in [0.29, 0.717) is 10.5 Å². The zero-order chi connectivity index (χ0) is 17.1. The second-order valence-electron chi connectivity index (χ2n) is 6.16. The smallest absolute Gasteiger partial charge is 0.352 e. The number of carbonyl (C=O) groups is 2. The predicted octanol–water partition coefficient (Wildman–Crippen LogP) is 0.817. The van der Waals surface area contributed by atoms with Gasteiger partial charge in [-0.2, -0.15) is 0 Å². The summed E-state index contributed by atoms with van der Waals surface area (Å²) in [6, 6.07) is 2.00. The Morgan fingerprint density at radius 3 is 2.83 bits per heavy atom. The van der Waals surface area contributed by atoms with Crippen LogP contribution in [-0.2, 0) is 22.5 Å². The maximum absolute atomic E-state index is 12.4. The first-order valence-electron chi connectivity index (χ1n) is 7.52. The van der Waals surface area contributed by atoms with Crippen LogP contribution in [0.2, 0.25) is 0 Å². The Morgan fingerprint density at radius 2 is 2.17 bits per heavy atom. The van der Waals surface area contributed by atoms with E-state index in [9.17, 15) is 9.59 Å². The number of primary amides is 1. The van der Waals surface area contributed by atoms with E-state index in [2.05, 4.69) is 16.9 Å². The van der Waals surface area contributed by atoms with Crippen LogP contribution in [0, 0.1) is 0 Å². The largest absolute Gasteiger partial charge is 0.436 e. The fourth-order valence-electron chi connectivity index (χ4n) is 2.85. The molecule has 0 aromatic carbocycles.